The molecular weight excluding hydrogens is 156 g/mol. The van der Waals surface area contributed by atoms with E-state index < -0.39 is 12.1 Å². The molecule has 0 heterocycles. The molecule has 1 N–H and O–H groups in total. The minimum atomic E-state index is -0.889. The molecule has 3 heteroatoms. The lowest BCUT2D eigenvalue weighted by molar-refractivity contribution is -0.149. The van der Waals surface area contributed by atoms with Gasteiger partial charge in [-0.2, -0.15) is 0 Å². The third kappa shape index (κ3) is 6.16. The normalized spacial score (nSPS) is 13.3. The highest BCUT2D eigenvalue weighted by Crippen LogP contribution is 2.04. The number of hydrogen-bond acceptors (Lipinski definition) is 2. The molecule has 1 atom stereocenters. The van der Waals surface area contributed by atoms with Gasteiger partial charge in [0.25, 0.3) is 0 Å². The van der Waals surface area contributed by atoms with Crippen molar-refractivity contribution in [3.05, 3.63) is 0 Å². The Bertz CT molecular complexity index is 132. The molecule has 0 aromatic rings. The largest absolute Gasteiger partial charge is 0.479 e. The summed E-state index contributed by atoms with van der Waals surface area (Å²) in [4.78, 5) is 10.3. The zero-order valence-corrected chi connectivity index (χ0v) is 8.04. The first-order valence-electron chi connectivity index (χ1n) is 4.38. The van der Waals surface area contributed by atoms with E-state index >= 15 is 0 Å². The molecule has 0 aliphatic rings. The highest BCUT2D eigenvalue weighted by atomic mass is 16.5. The molecule has 0 spiro atoms. The molecule has 0 rings (SSSR count). The molecule has 0 aromatic heterocycles. The molecule has 12 heavy (non-hydrogen) atoms. The highest BCUT2D eigenvalue weighted by Gasteiger charge is 2.09. The van der Waals surface area contributed by atoms with Gasteiger partial charge in [0.15, 0.2) is 6.10 Å². The zero-order chi connectivity index (χ0) is 9.56. The second kappa shape index (κ2) is 6.00. The van der Waals surface area contributed by atoms with Crippen molar-refractivity contribution in [1.29, 1.82) is 0 Å². The molecule has 0 saturated heterocycles. The van der Waals surface area contributed by atoms with Gasteiger partial charge in [-0.3, -0.25) is 0 Å². The Balaban J connectivity index is 3.25. The van der Waals surface area contributed by atoms with Crippen LogP contribution in [0.3, 0.4) is 0 Å². The first-order chi connectivity index (χ1) is 5.54. The average Bonchev–Trinajstić information content (AvgIpc) is 1.97. The Morgan fingerprint density at radius 1 is 1.42 bits per heavy atom. The van der Waals surface area contributed by atoms with Gasteiger partial charge in [0.05, 0.1) is 0 Å². The number of hydrogen-bond donors (Lipinski definition) is 1. The van der Waals surface area contributed by atoms with Gasteiger partial charge < -0.3 is 9.84 Å². The smallest absolute Gasteiger partial charge is 0.332 e. The predicted octanol–water partition coefficient (Wildman–Crippen LogP) is 1.91. The summed E-state index contributed by atoms with van der Waals surface area (Å²) in [6.07, 6.45) is 1.36. The SMILES string of the molecule is CC(C)CCCO[C@@H](C)C(=O)O. The van der Waals surface area contributed by atoms with Crippen molar-refractivity contribution in [2.24, 2.45) is 5.92 Å². The maximum atomic E-state index is 10.3. The van der Waals surface area contributed by atoms with Crippen molar-refractivity contribution >= 4 is 5.97 Å². The summed E-state index contributed by atoms with van der Waals surface area (Å²) in [6.45, 7) is 6.38. The fourth-order valence-corrected chi connectivity index (χ4v) is 0.823. The fourth-order valence-electron chi connectivity index (χ4n) is 0.823. The van der Waals surface area contributed by atoms with Crippen LogP contribution in [0.2, 0.25) is 0 Å². The van der Waals surface area contributed by atoms with Crippen molar-refractivity contribution in [2.75, 3.05) is 6.61 Å². The molecule has 0 aromatic carbocycles. The summed E-state index contributed by atoms with van der Waals surface area (Å²) in [5, 5.41) is 8.47. The van der Waals surface area contributed by atoms with Gasteiger partial charge in [0, 0.05) is 6.61 Å². The third-order valence-electron chi connectivity index (χ3n) is 1.64. The van der Waals surface area contributed by atoms with Gasteiger partial charge in [-0.1, -0.05) is 13.8 Å². The van der Waals surface area contributed by atoms with Crippen molar-refractivity contribution in [3.63, 3.8) is 0 Å². The standard InChI is InChI=1S/C9H18O3/c1-7(2)5-4-6-12-8(3)9(10)11/h7-8H,4-6H2,1-3H3,(H,10,11)/t8-/m0/s1. The molecule has 0 amide bonds. The van der Waals surface area contributed by atoms with E-state index in [-0.39, 0.29) is 0 Å². The van der Waals surface area contributed by atoms with E-state index in [2.05, 4.69) is 13.8 Å². The van der Waals surface area contributed by atoms with Gasteiger partial charge in [0.1, 0.15) is 0 Å². The maximum absolute atomic E-state index is 10.3. The Hall–Kier alpha value is -0.570. The molecule has 3 nitrogen and oxygen atoms in total. The number of rotatable bonds is 6. The predicted molar refractivity (Wildman–Crippen MR) is 47.1 cm³/mol. The summed E-state index contributed by atoms with van der Waals surface area (Å²) >= 11 is 0. The maximum Gasteiger partial charge on any atom is 0.332 e. The van der Waals surface area contributed by atoms with Crippen molar-refractivity contribution < 1.29 is 14.6 Å². The number of carbonyl (C=O) groups is 1. The van der Waals surface area contributed by atoms with Crippen LogP contribution in [0, 0.1) is 5.92 Å². The first-order valence-corrected chi connectivity index (χ1v) is 4.38. The molecule has 0 saturated carbocycles. The van der Waals surface area contributed by atoms with E-state index in [1.54, 1.807) is 6.92 Å². The monoisotopic (exact) mass is 174 g/mol. The Morgan fingerprint density at radius 2 is 2.00 bits per heavy atom. The Morgan fingerprint density at radius 3 is 2.42 bits per heavy atom. The van der Waals surface area contributed by atoms with Crippen LogP contribution in [0.1, 0.15) is 33.6 Å². The van der Waals surface area contributed by atoms with Crippen LogP contribution < -0.4 is 0 Å². The molecule has 0 bridgehead atoms. The number of aliphatic carboxylic acids is 1. The van der Waals surface area contributed by atoms with Crippen LogP contribution in [0.25, 0.3) is 0 Å². The molecule has 0 unspecified atom stereocenters. The molecule has 0 radical (unpaired) electrons. The molecule has 0 aliphatic carbocycles. The van der Waals surface area contributed by atoms with Crippen molar-refractivity contribution in [2.45, 2.75) is 39.7 Å². The lowest BCUT2D eigenvalue weighted by Crippen LogP contribution is -2.20. The summed E-state index contributed by atoms with van der Waals surface area (Å²) < 4.78 is 5.05. The van der Waals surface area contributed by atoms with E-state index in [0.29, 0.717) is 12.5 Å². The van der Waals surface area contributed by atoms with Crippen LogP contribution in [-0.2, 0) is 9.53 Å². The molecular formula is C9H18O3. The first kappa shape index (κ1) is 11.4. The summed E-state index contributed by atoms with van der Waals surface area (Å²) in [5.41, 5.74) is 0. The minimum absolute atomic E-state index is 0.547. The highest BCUT2D eigenvalue weighted by molar-refractivity contribution is 5.71. The van der Waals surface area contributed by atoms with E-state index in [4.69, 9.17) is 9.84 Å². The Kier molecular flexibility index (Phi) is 5.72. The molecule has 0 aliphatic heterocycles. The number of carboxylic acid groups (broad SMARTS) is 1. The van der Waals surface area contributed by atoms with Gasteiger partial charge in [0.2, 0.25) is 0 Å². The summed E-state index contributed by atoms with van der Waals surface area (Å²) in [5.74, 6) is -0.228. The van der Waals surface area contributed by atoms with Crippen molar-refractivity contribution in [1.82, 2.24) is 0 Å². The number of ether oxygens (including phenoxy) is 1. The summed E-state index contributed by atoms with van der Waals surface area (Å²) in [7, 11) is 0. The average molecular weight is 174 g/mol. The molecule has 72 valence electrons. The second-order valence-electron chi connectivity index (χ2n) is 3.39. The zero-order valence-electron chi connectivity index (χ0n) is 8.04. The van der Waals surface area contributed by atoms with Crippen LogP contribution in [0.15, 0.2) is 0 Å². The summed E-state index contributed by atoms with van der Waals surface area (Å²) in [6, 6.07) is 0. The van der Waals surface area contributed by atoms with E-state index in [9.17, 15) is 4.79 Å². The van der Waals surface area contributed by atoms with E-state index in [1.165, 1.54) is 0 Å². The lowest BCUT2D eigenvalue weighted by Gasteiger charge is -2.08. The lowest BCUT2D eigenvalue weighted by atomic mass is 10.1. The topological polar surface area (TPSA) is 46.5 Å². The van der Waals surface area contributed by atoms with Crippen LogP contribution in [-0.4, -0.2) is 23.8 Å². The quantitative estimate of drug-likeness (QED) is 0.626. The van der Waals surface area contributed by atoms with Crippen LogP contribution >= 0.6 is 0 Å². The van der Waals surface area contributed by atoms with Crippen molar-refractivity contribution in [3.8, 4) is 0 Å². The fraction of sp³-hybridized carbons (Fsp3) is 0.889. The van der Waals surface area contributed by atoms with Gasteiger partial charge >= 0.3 is 5.97 Å². The van der Waals surface area contributed by atoms with Gasteiger partial charge in [-0.25, -0.2) is 4.79 Å². The Labute approximate surface area is 73.7 Å². The molecule has 0 fully saturated rings. The van der Waals surface area contributed by atoms with Crippen LogP contribution in [0.5, 0.6) is 0 Å². The van der Waals surface area contributed by atoms with Gasteiger partial charge in [-0.05, 0) is 25.7 Å². The second-order valence-corrected chi connectivity index (χ2v) is 3.39. The van der Waals surface area contributed by atoms with Crippen LogP contribution in [0.4, 0.5) is 0 Å². The van der Waals surface area contributed by atoms with Gasteiger partial charge in [-0.15, -0.1) is 0 Å². The van der Waals surface area contributed by atoms with E-state index in [1.807, 2.05) is 0 Å². The third-order valence-corrected chi connectivity index (χ3v) is 1.64. The van der Waals surface area contributed by atoms with E-state index in [0.717, 1.165) is 12.8 Å². The number of carboxylic acids is 1. The minimum Gasteiger partial charge on any atom is -0.479 e.